The number of imide groups is 2. The molecule has 7 heteroatoms. The van der Waals surface area contributed by atoms with Gasteiger partial charge >= 0.3 is 6.03 Å². The molecule has 1 N–H and O–H groups in total. The minimum Gasteiger partial charge on any atom is -0.492 e. The van der Waals surface area contributed by atoms with Crippen LogP contribution in [0.15, 0.2) is 35.9 Å². The van der Waals surface area contributed by atoms with Crippen molar-refractivity contribution in [1.82, 2.24) is 9.88 Å². The number of urea groups is 1. The van der Waals surface area contributed by atoms with E-state index in [1.807, 2.05) is 33.8 Å². The van der Waals surface area contributed by atoms with E-state index in [-0.39, 0.29) is 5.57 Å². The fourth-order valence-corrected chi connectivity index (χ4v) is 3.41. The van der Waals surface area contributed by atoms with Crippen LogP contribution < -0.4 is 15.0 Å². The number of aromatic nitrogens is 1. The number of carbonyl (C=O) groups is 3. The van der Waals surface area contributed by atoms with Crippen molar-refractivity contribution in [2.24, 2.45) is 0 Å². The lowest BCUT2D eigenvalue weighted by Gasteiger charge is -2.27. The molecule has 4 amide bonds. The Morgan fingerprint density at radius 2 is 1.82 bits per heavy atom. The predicted molar refractivity (Wildman–Crippen MR) is 106 cm³/mol. The summed E-state index contributed by atoms with van der Waals surface area (Å²) in [5, 5.41) is 2.25. The summed E-state index contributed by atoms with van der Waals surface area (Å²) in [6.07, 6.45) is 1.54. The lowest BCUT2D eigenvalue weighted by Crippen LogP contribution is -2.54. The molecule has 2 heterocycles. The molecule has 1 aromatic carbocycles. The van der Waals surface area contributed by atoms with Crippen molar-refractivity contribution < 1.29 is 19.1 Å². The Morgan fingerprint density at radius 3 is 2.46 bits per heavy atom. The highest BCUT2D eigenvalue weighted by Gasteiger charge is 2.38. The second kappa shape index (κ2) is 7.72. The molecule has 0 unspecified atom stereocenters. The van der Waals surface area contributed by atoms with Crippen LogP contribution in [0.25, 0.3) is 6.08 Å². The van der Waals surface area contributed by atoms with E-state index in [9.17, 15) is 14.4 Å². The molecule has 1 aromatic heterocycles. The zero-order valence-corrected chi connectivity index (χ0v) is 16.4. The number of para-hydroxylation sites is 2. The Hall–Kier alpha value is -3.35. The molecule has 3 rings (SSSR count). The van der Waals surface area contributed by atoms with Gasteiger partial charge in [0.15, 0.2) is 0 Å². The lowest BCUT2D eigenvalue weighted by molar-refractivity contribution is -0.122. The van der Waals surface area contributed by atoms with Crippen molar-refractivity contribution in [2.45, 2.75) is 34.2 Å². The minimum atomic E-state index is -0.793. The predicted octanol–water partition coefficient (Wildman–Crippen LogP) is 3.19. The maximum Gasteiger partial charge on any atom is 0.336 e. The summed E-state index contributed by atoms with van der Waals surface area (Å²) in [5.74, 6) is -0.991. The van der Waals surface area contributed by atoms with E-state index in [0.29, 0.717) is 18.0 Å². The van der Waals surface area contributed by atoms with Crippen LogP contribution in [0, 0.1) is 13.8 Å². The summed E-state index contributed by atoms with van der Waals surface area (Å²) in [7, 11) is 0. The molecule has 1 fully saturated rings. The van der Waals surface area contributed by atoms with Crippen molar-refractivity contribution >= 4 is 29.6 Å². The number of rotatable bonds is 5. The van der Waals surface area contributed by atoms with Crippen molar-refractivity contribution in [3.05, 3.63) is 52.9 Å². The van der Waals surface area contributed by atoms with Gasteiger partial charge in [-0.3, -0.25) is 14.9 Å². The molecule has 0 saturated carbocycles. The van der Waals surface area contributed by atoms with E-state index >= 15 is 0 Å². The van der Waals surface area contributed by atoms with Gasteiger partial charge in [-0.25, -0.2) is 9.69 Å². The normalized spacial score (nSPS) is 15.9. The molecule has 0 bridgehead atoms. The Kier molecular flexibility index (Phi) is 5.35. The summed E-state index contributed by atoms with van der Waals surface area (Å²) in [4.78, 5) is 38.9. The number of carbonyl (C=O) groups excluding carboxylic acids is 3. The van der Waals surface area contributed by atoms with Crippen LogP contribution in [-0.2, 0) is 16.1 Å². The van der Waals surface area contributed by atoms with E-state index in [1.165, 1.54) is 6.08 Å². The number of ether oxygens (including phenoxy) is 1. The quantitative estimate of drug-likeness (QED) is 0.637. The first-order chi connectivity index (χ1) is 13.4. The van der Waals surface area contributed by atoms with E-state index in [0.717, 1.165) is 28.4 Å². The number of amides is 4. The molecule has 0 aliphatic carbocycles. The Morgan fingerprint density at radius 1 is 1.11 bits per heavy atom. The largest absolute Gasteiger partial charge is 0.492 e. The van der Waals surface area contributed by atoms with Crippen LogP contribution in [-0.4, -0.2) is 29.0 Å². The van der Waals surface area contributed by atoms with E-state index in [4.69, 9.17) is 4.74 Å². The van der Waals surface area contributed by atoms with Crippen molar-refractivity contribution in [2.75, 3.05) is 11.5 Å². The summed E-state index contributed by atoms with van der Waals surface area (Å²) in [6, 6.07) is 7.86. The number of hydrogen-bond acceptors (Lipinski definition) is 4. The SMILES string of the molecule is CCOc1ccccc1N1C(=O)NC(=O)/C(=C\c2cc(C)n(CC)c2C)C1=O. The first-order valence-corrected chi connectivity index (χ1v) is 9.19. The number of nitrogens with one attached hydrogen (secondary N) is 1. The number of hydrogen-bond donors (Lipinski definition) is 1. The molecule has 0 atom stereocenters. The molecule has 0 spiro atoms. The summed E-state index contributed by atoms with van der Waals surface area (Å²) < 4.78 is 7.63. The van der Waals surface area contributed by atoms with Crippen LogP contribution in [0.3, 0.4) is 0 Å². The molecular formula is C21H23N3O4. The van der Waals surface area contributed by atoms with Gasteiger partial charge in [-0.15, -0.1) is 0 Å². The number of aryl methyl sites for hydroxylation is 1. The zero-order valence-electron chi connectivity index (χ0n) is 16.4. The van der Waals surface area contributed by atoms with Gasteiger partial charge in [-0.1, -0.05) is 12.1 Å². The maximum absolute atomic E-state index is 13.1. The summed E-state index contributed by atoms with van der Waals surface area (Å²) in [5.41, 5.74) is 2.95. The molecule has 28 heavy (non-hydrogen) atoms. The molecule has 2 aromatic rings. The first kappa shape index (κ1) is 19.4. The third-order valence-corrected chi connectivity index (χ3v) is 4.74. The van der Waals surface area contributed by atoms with Gasteiger partial charge in [0.1, 0.15) is 11.3 Å². The third kappa shape index (κ3) is 3.31. The second-order valence-electron chi connectivity index (χ2n) is 6.43. The monoisotopic (exact) mass is 381 g/mol. The Bertz CT molecular complexity index is 988. The lowest BCUT2D eigenvalue weighted by atomic mass is 10.1. The van der Waals surface area contributed by atoms with Gasteiger partial charge in [0.05, 0.1) is 12.3 Å². The summed E-state index contributed by atoms with van der Waals surface area (Å²) in [6.45, 7) is 8.91. The molecule has 146 valence electrons. The van der Waals surface area contributed by atoms with Crippen LogP contribution >= 0.6 is 0 Å². The second-order valence-corrected chi connectivity index (χ2v) is 6.43. The van der Waals surface area contributed by atoms with Gasteiger partial charge in [-0.2, -0.15) is 0 Å². The molecule has 0 radical (unpaired) electrons. The standard InChI is InChI=1S/C21H23N3O4/c1-5-23-13(3)11-15(14(23)4)12-16-19(25)22-21(27)24(20(16)26)17-9-7-8-10-18(17)28-6-2/h7-12H,5-6H2,1-4H3,(H,22,25,27)/b16-12+. The molecule has 1 saturated heterocycles. The van der Waals surface area contributed by atoms with Crippen LogP contribution in [0.5, 0.6) is 5.75 Å². The van der Waals surface area contributed by atoms with Gasteiger partial charge in [0.25, 0.3) is 11.8 Å². The number of anilines is 1. The number of nitrogens with zero attached hydrogens (tertiary/aromatic N) is 2. The zero-order chi connectivity index (χ0) is 20.4. The van der Waals surface area contributed by atoms with Gasteiger partial charge in [0.2, 0.25) is 0 Å². The van der Waals surface area contributed by atoms with Gasteiger partial charge in [0, 0.05) is 17.9 Å². The Labute approximate surface area is 163 Å². The molecule has 1 aliphatic heterocycles. The highest BCUT2D eigenvalue weighted by Crippen LogP contribution is 2.31. The van der Waals surface area contributed by atoms with Crippen molar-refractivity contribution in [3.63, 3.8) is 0 Å². The molecular weight excluding hydrogens is 358 g/mol. The fraction of sp³-hybridized carbons (Fsp3) is 0.286. The summed E-state index contributed by atoms with van der Waals surface area (Å²) >= 11 is 0. The first-order valence-electron chi connectivity index (χ1n) is 9.19. The van der Waals surface area contributed by atoms with Crippen molar-refractivity contribution in [1.29, 1.82) is 0 Å². The van der Waals surface area contributed by atoms with Crippen LogP contribution in [0.4, 0.5) is 10.5 Å². The highest BCUT2D eigenvalue weighted by molar-refractivity contribution is 6.39. The average Bonchev–Trinajstić information content (AvgIpc) is 2.93. The van der Waals surface area contributed by atoms with E-state index in [2.05, 4.69) is 9.88 Å². The van der Waals surface area contributed by atoms with Gasteiger partial charge in [-0.05, 0) is 57.5 Å². The van der Waals surface area contributed by atoms with E-state index in [1.54, 1.807) is 24.3 Å². The topological polar surface area (TPSA) is 80.6 Å². The maximum atomic E-state index is 13.1. The average molecular weight is 381 g/mol. The van der Waals surface area contributed by atoms with Gasteiger partial charge < -0.3 is 9.30 Å². The molecule has 1 aliphatic rings. The third-order valence-electron chi connectivity index (χ3n) is 4.74. The highest BCUT2D eigenvalue weighted by atomic mass is 16.5. The van der Waals surface area contributed by atoms with Crippen molar-refractivity contribution in [3.8, 4) is 5.75 Å². The van der Waals surface area contributed by atoms with Crippen LogP contribution in [0.2, 0.25) is 0 Å². The smallest absolute Gasteiger partial charge is 0.336 e. The fourth-order valence-electron chi connectivity index (χ4n) is 3.41. The Balaban J connectivity index is 2.07. The minimum absolute atomic E-state index is 0.0951. The van der Waals surface area contributed by atoms with E-state index < -0.39 is 17.8 Å². The molecule has 7 nitrogen and oxygen atoms in total. The number of barbiturate groups is 1. The number of benzene rings is 1. The van der Waals surface area contributed by atoms with Crippen LogP contribution in [0.1, 0.15) is 30.8 Å².